The largest absolute Gasteiger partial charge is 0.350 e. The van der Waals surface area contributed by atoms with E-state index < -0.39 is 0 Å². The maximum absolute atomic E-state index is 11.9. The van der Waals surface area contributed by atoms with Crippen LogP contribution in [0.2, 0.25) is 0 Å². The smallest absolute Gasteiger partial charge is 0.263 e. The molecule has 1 heterocycles. The van der Waals surface area contributed by atoms with Gasteiger partial charge in [0.2, 0.25) is 0 Å². The van der Waals surface area contributed by atoms with Gasteiger partial charge in [0.1, 0.15) is 4.88 Å². The van der Waals surface area contributed by atoms with Crippen LogP contribution in [-0.4, -0.2) is 23.2 Å². The van der Waals surface area contributed by atoms with E-state index in [0.29, 0.717) is 18.2 Å². The number of thiazole rings is 1. The number of amides is 1. The second-order valence-corrected chi connectivity index (χ2v) is 5.91. The van der Waals surface area contributed by atoms with Crippen molar-refractivity contribution in [3.8, 4) is 0 Å². The zero-order chi connectivity index (χ0) is 12.3. The molecule has 0 saturated heterocycles. The first kappa shape index (κ1) is 12.9. The van der Waals surface area contributed by atoms with Crippen molar-refractivity contribution in [1.82, 2.24) is 10.3 Å². The maximum Gasteiger partial charge on any atom is 0.263 e. The number of hydrogen-bond acceptors (Lipinski definition) is 4. The summed E-state index contributed by atoms with van der Waals surface area (Å²) in [6, 6.07) is 0. The summed E-state index contributed by atoms with van der Waals surface area (Å²) in [5.74, 6) is 1.25. The normalized spacial score (nSPS) is 16.4. The Morgan fingerprint density at radius 3 is 2.88 bits per heavy atom. The highest BCUT2D eigenvalue weighted by molar-refractivity contribution is 7.80. The van der Waals surface area contributed by atoms with Crippen LogP contribution in [-0.2, 0) is 0 Å². The van der Waals surface area contributed by atoms with E-state index in [0.717, 1.165) is 15.6 Å². The van der Waals surface area contributed by atoms with Gasteiger partial charge in [-0.05, 0) is 19.8 Å². The third-order valence-electron chi connectivity index (χ3n) is 3.12. The fourth-order valence-electron chi connectivity index (χ4n) is 2.23. The molecule has 0 unspecified atom stereocenters. The summed E-state index contributed by atoms with van der Waals surface area (Å²) >= 11 is 5.65. The van der Waals surface area contributed by atoms with E-state index in [1.54, 1.807) is 11.3 Å². The molecule has 0 atom stereocenters. The number of nitrogens with zero attached hydrogens (tertiary/aromatic N) is 1. The first-order chi connectivity index (χ1) is 8.22. The zero-order valence-corrected chi connectivity index (χ0v) is 11.7. The van der Waals surface area contributed by atoms with Crippen molar-refractivity contribution < 1.29 is 4.79 Å². The van der Waals surface area contributed by atoms with Crippen molar-refractivity contribution in [1.29, 1.82) is 0 Å². The number of thiol groups is 1. The molecule has 3 nitrogen and oxygen atoms in total. The summed E-state index contributed by atoms with van der Waals surface area (Å²) in [7, 11) is 0. The predicted molar refractivity (Wildman–Crippen MR) is 74.2 cm³/mol. The Morgan fingerprint density at radius 2 is 2.24 bits per heavy atom. The van der Waals surface area contributed by atoms with Gasteiger partial charge in [-0.3, -0.25) is 4.79 Å². The van der Waals surface area contributed by atoms with E-state index in [9.17, 15) is 4.79 Å². The fourth-order valence-corrected chi connectivity index (χ4v) is 3.49. The summed E-state index contributed by atoms with van der Waals surface area (Å²) in [6.07, 6.45) is 5.05. The summed E-state index contributed by atoms with van der Waals surface area (Å²) < 4.78 is 0. The van der Waals surface area contributed by atoms with Crippen LogP contribution in [0.5, 0.6) is 0 Å². The molecule has 0 radical (unpaired) electrons. The van der Waals surface area contributed by atoms with Crippen LogP contribution < -0.4 is 5.32 Å². The van der Waals surface area contributed by atoms with Gasteiger partial charge in [0.25, 0.3) is 5.91 Å². The van der Waals surface area contributed by atoms with Gasteiger partial charge in [0.15, 0.2) is 0 Å². The minimum absolute atomic E-state index is 0.00158. The van der Waals surface area contributed by atoms with Gasteiger partial charge in [-0.25, -0.2) is 4.98 Å². The quantitative estimate of drug-likeness (QED) is 0.826. The predicted octanol–water partition coefficient (Wildman–Crippen LogP) is 2.77. The molecule has 1 aromatic rings. The van der Waals surface area contributed by atoms with E-state index >= 15 is 0 Å². The average molecular weight is 270 g/mol. The van der Waals surface area contributed by atoms with Crippen molar-refractivity contribution in [3.05, 3.63) is 15.6 Å². The Morgan fingerprint density at radius 1 is 1.53 bits per heavy atom. The first-order valence-electron chi connectivity index (χ1n) is 6.08. The first-order valence-corrected chi connectivity index (χ1v) is 7.53. The molecule has 0 spiro atoms. The molecule has 0 aliphatic heterocycles. The SMILES string of the molecule is Cc1nc(C2CCCC2)sc1C(=O)NCCS. The third kappa shape index (κ3) is 3.01. The van der Waals surface area contributed by atoms with Gasteiger partial charge in [0, 0.05) is 18.2 Å². The van der Waals surface area contributed by atoms with Crippen LogP contribution in [0.15, 0.2) is 0 Å². The summed E-state index contributed by atoms with van der Waals surface area (Å²) in [4.78, 5) is 17.2. The molecule has 17 heavy (non-hydrogen) atoms. The number of aryl methyl sites for hydroxylation is 1. The van der Waals surface area contributed by atoms with Gasteiger partial charge in [0.05, 0.1) is 10.7 Å². The van der Waals surface area contributed by atoms with Crippen molar-refractivity contribution in [3.63, 3.8) is 0 Å². The fraction of sp³-hybridized carbons (Fsp3) is 0.667. The minimum Gasteiger partial charge on any atom is -0.350 e. The lowest BCUT2D eigenvalue weighted by Gasteiger charge is -2.02. The molecular formula is C12H18N2OS2. The van der Waals surface area contributed by atoms with Gasteiger partial charge in [-0.1, -0.05) is 12.8 Å². The number of nitrogens with one attached hydrogen (secondary N) is 1. The van der Waals surface area contributed by atoms with E-state index in [4.69, 9.17) is 0 Å². The summed E-state index contributed by atoms with van der Waals surface area (Å²) in [5.41, 5.74) is 0.869. The molecular weight excluding hydrogens is 252 g/mol. The van der Waals surface area contributed by atoms with E-state index in [1.807, 2.05) is 6.92 Å². The van der Waals surface area contributed by atoms with Crippen LogP contribution in [0.25, 0.3) is 0 Å². The van der Waals surface area contributed by atoms with Gasteiger partial charge >= 0.3 is 0 Å². The molecule has 1 saturated carbocycles. The standard InChI is InChI=1S/C12H18N2OS2/c1-8-10(11(15)13-6-7-16)17-12(14-8)9-4-2-3-5-9/h9,16H,2-7H2,1H3,(H,13,15). The molecule has 1 fully saturated rings. The number of aromatic nitrogens is 1. The number of carbonyl (C=O) groups is 1. The second-order valence-electron chi connectivity index (χ2n) is 4.43. The van der Waals surface area contributed by atoms with Gasteiger partial charge < -0.3 is 5.32 Å². The zero-order valence-electron chi connectivity index (χ0n) is 10.0. The lowest BCUT2D eigenvalue weighted by molar-refractivity contribution is 0.0959. The van der Waals surface area contributed by atoms with Crippen molar-refractivity contribution >= 4 is 29.9 Å². The van der Waals surface area contributed by atoms with E-state index in [-0.39, 0.29) is 5.91 Å². The molecule has 94 valence electrons. The molecule has 1 N–H and O–H groups in total. The Labute approximate surface area is 111 Å². The van der Waals surface area contributed by atoms with Gasteiger partial charge in [-0.15, -0.1) is 11.3 Å². The highest BCUT2D eigenvalue weighted by Crippen LogP contribution is 2.36. The second kappa shape index (κ2) is 5.87. The molecule has 1 amide bonds. The monoisotopic (exact) mass is 270 g/mol. The molecule has 1 aromatic heterocycles. The number of rotatable bonds is 4. The Kier molecular flexibility index (Phi) is 4.45. The third-order valence-corrected chi connectivity index (χ3v) is 4.66. The number of carbonyl (C=O) groups excluding carboxylic acids is 1. The molecule has 5 heteroatoms. The Hall–Kier alpha value is -0.550. The number of hydrogen-bond donors (Lipinski definition) is 2. The lowest BCUT2D eigenvalue weighted by Crippen LogP contribution is -2.25. The summed E-state index contributed by atoms with van der Waals surface area (Å²) in [5, 5.41) is 4.00. The van der Waals surface area contributed by atoms with E-state index in [1.165, 1.54) is 25.7 Å². The summed E-state index contributed by atoms with van der Waals surface area (Å²) in [6.45, 7) is 2.53. The van der Waals surface area contributed by atoms with Crippen molar-refractivity contribution in [2.24, 2.45) is 0 Å². The van der Waals surface area contributed by atoms with Crippen LogP contribution >= 0.6 is 24.0 Å². The van der Waals surface area contributed by atoms with Crippen molar-refractivity contribution in [2.75, 3.05) is 12.3 Å². The van der Waals surface area contributed by atoms with Crippen molar-refractivity contribution in [2.45, 2.75) is 38.5 Å². The van der Waals surface area contributed by atoms with Crippen LogP contribution in [0, 0.1) is 6.92 Å². The molecule has 1 aliphatic rings. The lowest BCUT2D eigenvalue weighted by atomic mass is 10.1. The molecule has 0 aromatic carbocycles. The maximum atomic E-state index is 11.9. The van der Waals surface area contributed by atoms with E-state index in [2.05, 4.69) is 22.9 Å². The van der Waals surface area contributed by atoms with Gasteiger partial charge in [-0.2, -0.15) is 12.6 Å². The molecule has 1 aliphatic carbocycles. The molecule has 2 rings (SSSR count). The van der Waals surface area contributed by atoms with Crippen LogP contribution in [0.4, 0.5) is 0 Å². The Balaban J connectivity index is 2.09. The topological polar surface area (TPSA) is 42.0 Å². The van der Waals surface area contributed by atoms with Crippen LogP contribution in [0.1, 0.15) is 52.0 Å². The minimum atomic E-state index is -0.00158. The average Bonchev–Trinajstić information content (AvgIpc) is 2.94. The van der Waals surface area contributed by atoms with Crippen LogP contribution in [0.3, 0.4) is 0 Å². The molecule has 0 bridgehead atoms. The highest BCUT2D eigenvalue weighted by atomic mass is 32.1. The highest BCUT2D eigenvalue weighted by Gasteiger charge is 2.23. The Bertz CT molecular complexity index is 397.